The second-order valence-electron chi connectivity index (χ2n) is 4.88. The molecule has 2 atom stereocenters. The third kappa shape index (κ3) is 3.98. The fourth-order valence-corrected chi connectivity index (χ4v) is 2.49. The van der Waals surface area contributed by atoms with E-state index in [-0.39, 0.29) is 11.9 Å². The van der Waals surface area contributed by atoms with Crippen molar-refractivity contribution in [3.63, 3.8) is 0 Å². The van der Waals surface area contributed by atoms with E-state index in [1.165, 1.54) is 0 Å². The van der Waals surface area contributed by atoms with Crippen molar-refractivity contribution in [1.29, 1.82) is 0 Å². The van der Waals surface area contributed by atoms with Crippen molar-refractivity contribution in [3.8, 4) is 0 Å². The minimum atomic E-state index is -0.940. The number of carbonyl (C=O) groups excluding carboxylic acids is 1. The molecule has 0 aromatic carbocycles. The molecule has 5 heteroatoms. The van der Waals surface area contributed by atoms with Crippen LogP contribution >= 0.6 is 0 Å². The van der Waals surface area contributed by atoms with Gasteiger partial charge in [0, 0.05) is 0 Å². The first-order valence-electron chi connectivity index (χ1n) is 6.87. The third-order valence-electron chi connectivity index (χ3n) is 3.37. The first-order chi connectivity index (χ1) is 8.60. The molecular weight excluding hydrogens is 232 g/mol. The first kappa shape index (κ1) is 15.0. The molecule has 0 radical (unpaired) electrons. The summed E-state index contributed by atoms with van der Waals surface area (Å²) in [6, 6.07) is -0.879. The van der Waals surface area contributed by atoms with Crippen LogP contribution in [0.4, 0.5) is 0 Å². The van der Waals surface area contributed by atoms with Gasteiger partial charge < -0.3 is 10.4 Å². The van der Waals surface area contributed by atoms with Crippen LogP contribution in [0.25, 0.3) is 0 Å². The van der Waals surface area contributed by atoms with Crippen molar-refractivity contribution in [2.24, 2.45) is 0 Å². The van der Waals surface area contributed by atoms with Crippen LogP contribution in [0.1, 0.15) is 46.0 Å². The highest BCUT2D eigenvalue weighted by Crippen LogP contribution is 2.17. The van der Waals surface area contributed by atoms with Crippen LogP contribution in [0.2, 0.25) is 0 Å². The molecule has 2 N–H and O–H groups in total. The summed E-state index contributed by atoms with van der Waals surface area (Å²) in [4.78, 5) is 25.3. The van der Waals surface area contributed by atoms with Gasteiger partial charge in [0.2, 0.25) is 5.91 Å². The number of amides is 1. The van der Waals surface area contributed by atoms with Crippen LogP contribution in [-0.4, -0.2) is 47.1 Å². The monoisotopic (exact) mass is 256 g/mol. The zero-order valence-corrected chi connectivity index (χ0v) is 11.3. The molecule has 1 aliphatic heterocycles. The van der Waals surface area contributed by atoms with Crippen molar-refractivity contribution >= 4 is 11.9 Å². The molecule has 0 aromatic rings. The van der Waals surface area contributed by atoms with E-state index in [1.54, 1.807) is 0 Å². The van der Waals surface area contributed by atoms with Gasteiger partial charge in [-0.2, -0.15) is 0 Å². The van der Waals surface area contributed by atoms with Gasteiger partial charge in [-0.15, -0.1) is 0 Å². The van der Waals surface area contributed by atoms with Gasteiger partial charge in [0.1, 0.15) is 6.04 Å². The molecule has 18 heavy (non-hydrogen) atoms. The molecule has 0 aliphatic carbocycles. The first-order valence-corrected chi connectivity index (χ1v) is 6.87. The Kier molecular flexibility index (Phi) is 6.12. The molecule has 0 aromatic heterocycles. The molecule has 1 amide bonds. The Labute approximate surface area is 109 Å². The molecule has 0 bridgehead atoms. The molecule has 0 saturated carbocycles. The highest BCUT2D eigenvalue weighted by molar-refractivity contribution is 5.87. The molecule has 1 saturated heterocycles. The highest BCUT2D eigenvalue weighted by Gasteiger charge is 2.32. The van der Waals surface area contributed by atoms with Crippen LogP contribution in [0.15, 0.2) is 0 Å². The maximum atomic E-state index is 12.1. The summed E-state index contributed by atoms with van der Waals surface area (Å²) in [6.07, 6.45) is 4.11. The molecule has 1 rings (SSSR count). The van der Waals surface area contributed by atoms with Crippen LogP contribution in [0.3, 0.4) is 0 Å². The predicted octanol–water partition coefficient (Wildman–Crippen LogP) is 1.23. The lowest BCUT2D eigenvalue weighted by molar-refractivity contribution is -0.142. The third-order valence-corrected chi connectivity index (χ3v) is 3.37. The van der Waals surface area contributed by atoms with E-state index in [0.717, 1.165) is 38.8 Å². The predicted molar refractivity (Wildman–Crippen MR) is 69.4 cm³/mol. The van der Waals surface area contributed by atoms with Crippen LogP contribution in [-0.2, 0) is 9.59 Å². The molecule has 2 unspecified atom stereocenters. The van der Waals surface area contributed by atoms with Gasteiger partial charge in [0.25, 0.3) is 0 Å². The second kappa shape index (κ2) is 7.36. The van der Waals surface area contributed by atoms with E-state index in [1.807, 2.05) is 6.92 Å². The summed E-state index contributed by atoms with van der Waals surface area (Å²) in [5.74, 6) is -1.06. The number of nitrogens with zero attached hydrogens (tertiary/aromatic N) is 1. The maximum absolute atomic E-state index is 12.1. The summed E-state index contributed by atoms with van der Waals surface area (Å²) in [5, 5.41) is 11.7. The van der Waals surface area contributed by atoms with Gasteiger partial charge in [0.15, 0.2) is 0 Å². The summed E-state index contributed by atoms with van der Waals surface area (Å²) < 4.78 is 0. The smallest absolute Gasteiger partial charge is 0.326 e. The van der Waals surface area contributed by atoms with Gasteiger partial charge in [-0.05, 0) is 38.8 Å². The van der Waals surface area contributed by atoms with Gasteiger partial charge in [0.05, 0.1) is 6.04 Å². The fraction of sp³-hybridized carbons (Fsp3) is 0.846. The molecule has 5 nitrogen and oxygen atoms in total. The lowest BCUT2D eigenvalue weighted by Gasteiger charge is -2.24. The Morgan fingerprint density at radius 2 is 2.11 bits per heavy atom. The Bertz CT molecular complexity index is 294. The minimum Gasteiger partial charge on any atom is -0.480 e. The standard InChI is InChI=1S/C13H24N2O3/c1-3-6-10(13(17)18)14-12(16)11-7-5-9-15(11)8-4-2/h10-11H,3-9H2,1-2H3,(H,14,16)(H,17,18). The van der Waals surface area contributed by atoms with E-state index in [2.05, 4.69) is 17.1 Å². The van der Waals surface area contributed by atoms with Crippen LogP contribution in [0, 0.1) is 0 Å². The van der Waals surface area contributed by atoms with E-state index in [9.17, 15) is 9.59 Å². The van der Waals surface area contributed by atoms with Crippen molar-refractivity contribution in [2.75, 3.05) is 13.1 Å². The SMILES string of the molecule is CCCC(NC(=O)C1CCCN1CCC)C(=O)O. The average Bonchev–Trinajstić information content (AvgIpc) is 2.77. The second-order valence-corrected chi connectivity index (χ2v) is 4.88. The van der Waals surface area contributed by atoms with E-state index in [0.29, 0.717) is 6.42 Å². The maximum Gasteiger partial charge on any atom is 0.326 e. The Morgan fingerprint density at radius 3 is 2.67 bits per heavy atom. The average molecular weight is 256 g/mol. The van der Waals surface area contributed by atoms with Crippen molar-refractivity contribution in [2.45, 2.75) is 58.0 Å². The zero-order valence-electron chi connectivity index (χ0n) is 11.3. The molecule has 1 aliphatic rings. The molecule has 1 heterocycles. The summed E-state index contributed by atoms with van der Waals surface area (Å²) >= 11 is 0. The number of carboxylic acid groups (broad SMARTS) is 1. The Balaban J connectivity index is 2.54. The summed E-state index contributed by atoms with van der Waals surface area (Å²) in [5.41, 5.74) is 0. The number of rotatable bonds is 7. The van der Waals surface area contributed by atoms with Crippen molar-refractivity contribution in [3.05, 3.63) is 0 Å². The van der Waals surface area contributed by atoms with Crippen LogP contribution < -0.4 is 5.32 Å². The number of carboxylic acids is 1. The van der Waals surface area contributed by atoms with Gasteiger partial charge >= 0.3 is 5.97 Å². The normalized spacial score (nSPS) is 21.8. The van der Waals surface area contributed by atoms with Crippen molar-refractivity contribution in [1.82, 2.24) is 10.2 Å². The Morgan fingerprint density at radius 1 is 1.39 bits per heavy atom. The summed E-state index contributed by atoms with van der Waals surface area (Å²) in [6.45, 7) is 5.85. The largest absolute Gasteiger partial charge is 0.480 e. The molecule has 1 fully saturated rings. The zero-order chi connectivity index (χ0) is 13.5. The quantitative estimate of drug-likeness (QED) is 0.719. The van der Waals surface area contributed by atoms with E-state index < -0.39 is 12.0 Å². The number of hydrogen-bond acceptors (Lipinski definition) is 3. The number of nitrogens with one attached hydrogen (secondary N) is 1. The minimum absolute atomic E-state index is 0.123. The van der Waals surface area contributed by atoms with Crippen molar-refractivity contribution < 1.29 is 14.7 Å². The summed E-state index contributed by atoms with van der Waals surface area (Å²) in [7, 11) is 0. The van der Waals surface area contributed by atoms with Crippen LogP contribution in [0.5, 0.6) is 0 Å². The number of likely N-dealkylation sites (tertiary alicyclic amines) is 1. The van der Waals surface area contributed by atoms with Gasteiger partial charge in [-0.1, -0.05) is 20.3 Å². The topological polar surface area (TPSA) is 69.6 Å². The van der Waals surface area contributed by atoms with Gasteiger partial charge in [-0.3, -0.25) is 9.69 Å². The molecule has 104 valence electrons. The number of hydrogen-bond donors (Lipinski definition) is 2. The fourth-order valence-electron chi connectivity index (χ4n) is 2.49. The van der Waals surface area contributed by atoms with E-state index >= 15 is 0 Å². The Hall–Kier alpha value is -1.10. The lowest BCUT2D eigenvalue weighted by atomic mass is 10.1. The number of carbonyl (C=O) groups is 2. The van der Waals surface area contributed by atoms with E-state index in [4.69, 9.17) is 5.11 Å². The lowest BCUT2D eigenvalue weighted by Crippen LogP contribution is -2.49. The van der Waals surface area contributed by atoms with Gasteiger partial charge in [-0.25, -0.2) is 4.79 Å². The molecular formula is C13H24N2O3. The molecule has 0 spiro atoms. The highest BCUT2D eigenvalue weighted by atomic mass is 16.4. The number of aliphatic carboxylic acids is 1.